The number of H-pyrrole nitrogens is 1. The Morgan fingerprint density at radius 2 is 1.83 bits per heavy atom. The molecule has 1 saturated heterocycles. The molecule has 5 rings (SSSR count). The molecule has 0 bridgehead atoms. The van der Waals surface area contributed by atoms with Gasteiger partial charge >= 0.3 is 0 Å². The summed E-state index contributed by atoms with van der Waals surface area (Å²) >= 11 is 0. The van der Waals surface area contributed by atoms with E-state index < -0.39 is 0 Å². The second-order valence-electron chi connectivity index (χ2n) is 9.55. The Labute approximate surface area is 210 Å². The van der Waals surface area contributed by atoms with Gasteiger partial charge in [-0.1, -0.05) is 42.0 Å². The van der Waals surface area contributed by atoms with Crippen molar-refractivity contribution in [2.45, 2.75) is 33.0 Å². The van der Waals surface area contributed by atoms with Crippen LogP contribution in [0.1, 0.15) is 34.1 Å². The molecule has 36 heavy (non-hydrogen) atoms. The molecule has 1 aliphatic rings. The Hall–Kier alpha value is -3.40. The SMILES string of the molecule is COCCn1nnnc1[C@@H](c1cc2cc(C)cc(C)c2[nH]c1=O)N1CCN(Cc2ccccc2)CC1. The van der Waals surface area contributed by atoms with Gasteiger partial charge in [0, 0.05) is 45.4 Å². The first-order valence-corrected chi connectivity index (χ1v) is 12.4. The number of methoxy groups -OCH3 is 1. The topological polar surface area (TPSA) is 92.2 Å². The van der Waals surface area contributed by atoms with Crippen molar-refractivity contribution in [1.82, 2.24) is 35.0 Å². The maximum atomic E-state index is 13.5. The van der Waals surface area contributed by atoms with E-state index in [0.29, 0.717) is 24.5 Å². The van der Waals surface area contributed by atoms with E-state index in [4.69, 9.17) is 4.74 Å². The minimum absolute atomic E-state index is 0.104. The molecule has 9 heteroatoms. The molecule has 4 aromatic rings. The van der Waals surface area contributed by atoms with Crippen molar-refractivity contribution in [2.24, 2.45) is 0 Å². The summed E-state index contributed by atoms with van der Waals surface area (Å²) in [6.45, 7) is 9.43. The van der Waals surface area contributed by atoms with Crippen LogP contribution in [0.5, 0.6) is 0 Å². The molecule has 1 atom stereocenters. The van der Waals surface area contributed by atoms with Crippen LogP contribution in [-0.4, -0.2) is 74.9 Å². The fourth-order valence-electron chi connectivity index (χ4n) is 5.17. The number of aromatic nitrogens is 5. The molecule has 2 aromatic heterocycles. The molecule has 0 unspecified atom stereocenters. The Morgan fingerprint density at radius 3 is 2.58 bits per heavy atom. The van der Waals surface area contributed by atoms with Crippen molar-refractivity contribution in [3.05, 3.63) is 87.0 Å². The predicted octanol–water partition coefficient (Wildman–Crippen LogP) is 2.69. The highest BCUT2D eigenvalue weighted by Gasteiger charge is 2.32. The third-order valence-electron chi connectivity index (χ3n) is 6.95. The molecule has 0 amide bonds. The van der Waals surface area contributed by atoms with Crippen LogP contribution in [0.2, 0.25) is 0 Å². The molecule has 0 radical (unpaired) electrons. The Balaban J connectivity index is 1.49. The molecule has 1 fully saturated rings. The maximum Gasteiger partial charge on any atom is 0.253 e. The van der Waals surface area contributed by atoms with Gasteiger partial charge in [0.15, 0.2) is 5.82 Å². The maximum absolute atomic E-state index is 13.5. The average Bonchev–Trinajstić information content (AvgIpc) is 3.33. The fourth-order valence-corrected chi connectivity index (χ4v) is 5.17. The van der Waals surface area contributed by atoms with Crippen molar-refractivity contribution < 1.29 is 4.74 Å². The zero-order chi connectivity index (χ0) is 25.1. The van der Waals surface area contributed by atoms with Crippen LogP contribution in [0.25, 0.3) is 10.9 Å². The van der Waals surface area contributed by atoms with Gasteiger partial charge in [-0.2, -0.15) is 0 Å². The number of tetrazole rings is 1. The monoisotopic (exact) mass is 487 g/mol. The zero-order valence-corrected chi connectivity index (χ0v) is 21.1. The molecule has 0 saturated carbocycles. The summed E-state index contributed by atoms with van der Waals surface area (Å²) in [4.78, 5) is 21.4. The lowest BCUT2D eigenvalue weighted by molar-refractivity contribution is 0.0984. The smallest absolute Gasteiger partial charge is 0.253 e. The van der Waals surface area contributed by atoms with Gasteiger partial charge in [-0.25, -0.2) is 4.68 Å². The molecule has 0 spiro atoms. The lowest BCUT2D eigenvalue weighted by atomic mass is 10.00. The van der Waals surface area contributed by atoms with E-state index in [-0.39, 0.29) is 11.6 Å². The van der Waals surface area contributed by atoms with Crippen molar-refractivity contribution in [3.8, 4) is 0 Å². The van der Waals surface area contributed by atoms with E-state index in [2.05, 4.69) is 73.6 Å². The Kier molecular flexibility index (Phi) is 7.22. The number of aryl methyl sites for hydroxylation is 2. The molecule has 188 valence electrons. The number of piperazine rings is 1. The second kappa shape index (κ2) is 10.7. The van der Waals surface area contributed by atoms with Crippen LogP contribution in [0.3, 0.4) is 0 Å². The number of ether oxygens (including phenoxy) is 1. The number of pyridine rings is 1. The lowest BCUT2D eigenvalue weighted by Gasteiger charge is -2.38. The third-order valence-corrected chi connectivity index (χ3v) is 6.95. The molecule has 2 aromatic carbocycles. The van der Waals surface area contributed by atoms with Crippen LogP contribution < -0.4 is 5.56 Å². The van der Waals surface area contributed by atoms with Crippen molar-refractivity contribution in [3.63, 3.8) is 0 Å². The van der Waals surface area contributed by atoms with Gasteiger partial charge in [-0.15, -0.1) is 5.10 Å². The molecular formula is C27H33N7O2. The number of nitrogens with zero attached hydrogens (tertiary/aromatic N) is 6. The van der Waals surface area contributed by atoms with Crippen LogP contribution in [0.4, 0.5) is 0 Å². The molecule has 1 aliphatic heterocycles. The highest BCUT2D eigenvalue weighted by molar-refractivity contribution is 5.83. The predicted molar refractivity (Wildman–Crippen MR) is 139 cm³/mol. The highest BCUT2D eigenvalue weighted by atomic mass is 16.5. The van der Waals surface area contributed by atoms with E-state index in [1.54, 1.807) is 11.8 Å². The summed E-state index contributed by atoms with van der Waals surface area (Å²) in [7, 11) is 1.66. The molecule has 9 nitrogen and oxygen atoms in total. The zero-order valence-electron chi connectivity index (χ0n) is 21.1. The first kappa shape index (κ1) is 24.3. The summed E-state index contributed by atoms with van der Waals surface area (Å²) in [6.07, 6.45) is 0. The summed E-state index contributed by atoms with van der Waals surface area (Å²) in [5.41, 5.74) is 4.96. The molecular weight excluding hydrogens is 454 g/mol. The first-order chi connectivity index (χ1) is 17.5. The summed E-state index contributed by atoms with van der Waals surface area (Å²) in [5, 5.41) is 13.6. The van der Waals surface area contributed by atoms with Crippen LogP contribution in [0, 0.1) is 13.8 Å². The highest BCUT2D eigenvalue weighted by Crippen LogP contribution is 2.29. The molecule has 1 N–H and O–H groups in total. The van der Waals surface area contributed by atoms with Gasteiger partial charge in [-0.05, 0) is 52.9 Å². The van der Waals surface area contributed by atoms with E-state index in [0.717, 1.165) is 54.8 Å². The summed E-state index contributed by atoms with van der Waals surface area (Å²) < 4.78 is 7.03. The Morgan fingerprint density at radius 1 is 1.06 bits per heavy atom. The molecule has 0 aliphatic carbocycles. The minimum atomic E-state index is -0.357. The number of benzene rings is 2. The first-order valence-electron chi connectivity index (χ1n) is 12.4. The Bertz CT molecular complexity index is 1370. The molecule has 3 heterocycles. The van der Waals surface area contributed by atoms with E-state index in [9.17, 15) is 4.79 Å². The van der Waals surface area contributed by atoms with Crippen molar-refractivity contribution in [2.75, 3.05) is 39.9 Å². The largest absolute Gasteiger partial charge is 0.383 e. The minimum Gasteiger partial charge on any atom is -0.383 e. The second-order valence-corrected chi connectivity index (χ2v) is 9.55. The van der Waals surface area contributed by atoms with Crippen molar-refractivity contribution in [1.29, 1.82) is 0 Å². The number of hydrogen-bond acceptors (Lipinski definition) is 7. The van der Waals surface area contributed by atoms with Gasteiger partial charge in [0.25, 0.3) is 5.56 Å². The van der Waals surface area contributed by atoms with Gasteiger partial charge in [-0.3, -0.25) is 14.6 Å². The van der Waals surface area contributed by atoms with E-state index >= 15 is 0 Å². The lowest BCUT2D eigenvalue weighted by Crippen LogP contribution is -2.48. The van der Waals surface area contributed by atoms with Gasteiger partial charge in [0.2, 0.25) is 0 Å². The van der Waals surface area contributed by atoms with E-state index in [1.807, 2.05) is 19.1 Å². The van der Waals surface area contributed by atoms with Crippen LogP contribution in [-0.2, 0) is 17.8 Å². The number of nitrogens with one attached hydrogen (secondary N) is 1. The number of hydrogen-bond donors (Lipinski definition) is 1. The van der Waals surface area contributed by atoms with E-state index in [1.165, 1.54) is 5.56 Å². The number of fused-ring (bicyclic) bond motifs is 1. The summed E-state index contributed by atoms with van der Waals surface area (Å²) in [6, 6.07) is 16.4. The van der Waals surface area contributed by atoms with Gasteiger partial charge in [0.05, 0.1) is 18.7 Å². The standard InChI is InChI=1S/C27H33N7O2/c1-19-15-20(2)24-22(16-19)17-23(27(35)28-24)25(26-29-30-31-34(26)13-14-36-3)33-11-9-32(10-12-33)18-21-7-5-4-6-8-21/h4-8,15-17,25H,9-14,18H2,1-3H3,(H,28,35)/t25-/m1/s1. The third kappa shape index (κ3) is 5.09. The van der Waals surface area contributed by atoms with Crippen molar-refractivity contribution >= 4 is 10.9 Å². The van der Waals surface area contributed by atoms with Gasteiger partial charge in [0.1, 0.15) is 6.04 Å². The number of rotatable bonds is 8. The van der Waals surface area contributed by atoms with Gasteiger partial charge < -0.3 is 9.72 Å². The summed E-state index contributed by atoms with van der Waals surface area (Å²) in [5.74, 6) is 0.665. The van der Waals surface area contributed by atoms with Crippen LogP contribution >= 0.6 is 0 Å². The van der Waals surface area contributed by atoms with Crippen LogP contribution in [0.15, 0.2) is 53.3 Å². The average molecular weight is 488 g/mol. The normalized spacial score (nSPS) is 16.0. The quantitative estimate of drug-likeness (QED) is 0.409. The number of aromatic amines is 1. The fraction of sp³-hybridized carbons (Fsp3) is 0.407.